The topological polar surface area (TPSA) is 52.5 Å². The number of hydrogen-bond acceptors (Lipinski definition) is 6. The molecule has 1 saturated heterocycles. The Morgan fingerprint density at radius 3 is 2.56 bits per heavy atom. The zero-order valence-corrected chi connectivity index (χ0v) is 16.3. The standard InChI is InChI=1S/C21H24N4OS/c1-24(20-22-19(23-27-20)18-10-6-3-7-11-18)15-21(26)12-13-25(16-21)14-17-8-4-2-5-9-17/h2-11,26H,12-16H2,1H3. The lowest BCUT2D eigenvalue weighted by molar-refractivity contribution is 0.0562. The quantitative estimate of drug-likeness (QED) is 0.711. The van der Waals surface area contributed by atoms with Crippen LogP contribution in [0.4, 0.5) is 5.13 Å². The summed E-state index contributed by atoms with van der Waals surface area (Å²) in [6, 6.07) is 20.4. The molecule has 1 aliphatic rings. The van der Waals surface area contributed by atoms with E-state index in [1.165, 1.54) is 17.1 Å². The monoisotopic (exact) mass is 380 g/mol. The summed E-state index contributed by atoms with van der Waals surface area (Å²) in [7, 11) is 1.98. The van der Waals surface area contributed by atoms with E-state index in [0.717, 1.165) is 36.0 Å². The summed E-state index contributed by atoms with van der Waals surface area (Å²) in [6.07, 6.45) is 0.772. The van der Waals surface area contributed by atoms with E-state index in [1.54, 1.807) is 0 Å². The van der Waals surface area contributed by atoms with Crippen molar-refractivity contribution in [1.29, 1.82) is 0 Å². The van der Waals surface area contributed by atoms with Gasteiger partial charge in [0.15, 0.2) is 5.82 Å². The molecule has 3 aromatic rings. The number of likely N-dealkylation sites (tertiary alicyclic amines) is 1. The van der Waals surface area contributed by atoms with Crippen molar-refractivity contribution in [2.24, 2.45) is 0 Å². The Kier molecular flexibility index (Phi) is 5.20. The highest BCUT2D eigenvalue weighted by Gasteiger charge is 2.37. The number of nitrogens with zero attached hydrogens (tertiary/aromatic N) is 4. The molecule has 1 aromatic heterocycles. The van der Waals surface area contributed by atoms with Crippen LogP contribution in [-0.2, 0) is 6.54 Å². The van der Waals surface area contributed by atoms with Gasteiger partial charge in [0.05, 0.1) is 5.60 Å². The summed E-state index contributed by atoms with van der Waals surface area (Å²) in [5.74, 6) is 0.742. The summed E-state index contributed by atoms with van der Waals surface area (Å²) in [5, 5.41) is 11.9. The first-order chi connectivity index (χ1) is 13.1. The Morgan fingerprint density at radius 2 is 1.81 bits per heavy atom. The molecule has 0 saturated carbocycles. The largest absolute Gasteiger partial charge is 0.387 e. The second-order valence-corrected chi connectivity index (χ2v) is 8.02. The van der Waals surface area contributed by atoms with Gasteiger partial charge >= 0.3 is 0 Å². The maximum absolute atomic E-state index is 11.1. The third-order valence-electron chi connectivity index (χ3n) is 4.97. The third kappa shape index (κ3) is 4.35. The van der Waals surface area contributed by atoms with Crippen LogP contribution in [0.2, 0.25) is 0 Å². The van der Waals surface area contributed by atoms with Gasteiger partial charge in [0.1, 0.15) is 0 Å². The normalized spacial score (nSPS) is 20.1. The Morgan fingerprint density at radius 1 is 1.11 bits per heavy atom. The number of β-amino-alcohol motifs (C(OH)–C–C–N with tert-alkyl or cyclic N) is 1. The van der Waals surface area contributed by atoms with Gasteiger partial charge in [-0.2, -0.15) is 9.36 Å². The first-order valence-electron chi connectivity index (χ1n) is 9.20. The van der Waals surface area contributed by atoms with Crippen molar-refractivity contribution in [2.45, 2.75) is 18.6 Å². The molecule has 1 N–H and O–H groups in total. The van der Waals surface area contributed by atoms with Crippen molar-refractivity contribution in [3.05, 3.63) is 66.2 Å². The van der Waals surface area contributed by atoms with Crippen molar-refractivity contribution < 1.29 is 5.11 Å². The highest BCUT2D eigenvalue weighted by atomic mass is 32.1. The smallest absolute Gasteiger partial charge is 0.205 e. The lowest BCUT2D eigenvalue weighted by atomic mass is 10.0. The van der Waals surface area contributed by atoms with E-state index in [9.17, 15) is 5.11 Å². The van der Waals surface area contributed by atoms with Gasteiger partial charge in [-0.05, 0) is 12.0 Å². The summed E-state index contributed by atoms with van der Waals surface area (Å²) in [5.41, 5.74) is 1.58. The fourth-order valence-electron chi connectivity index (χ4n) is 3.63. The van der Waals surface area contributed by atoms with Crippen molar-refractivity contribution >= 4 is 16.7 Å². The maximum atomic E-state index is 11.1. The van der Waals surface area contributed by atoms with Gasteiger partial charge in [0, 0.05) is 50.3 Å². The molecule has 5 nitrogen and oxygen atoms in total. The summed E-state index contributed by atoms with van der Waals surface area (Å²) < 4.78 is 4.47. The predicted octanol–water partition coefficient (Wildman–Crippen LogP) is 3.28. The minimum atomic E-state index is -0.720. The Bertz CT molecular complexity index is 870. The third-order valence-corrected chi connectivity index (χ3v) is 5.80. The fourth-order valence-corrected chi connectivity index (χ4v) is 4.28. The average molecular weight is 381 g/mol. The molecule has 6 heteroatoms. The van der Waals surface area contributed by atoms with E-state index >= 15 is 0 Å². The molecule has 2 heterocycles. The highest BCUT2D eigenvalue weighted by molar-refractivity contribution is 7.09. The Labute approximate surface area is 164 Å². The first-order valence-corrected chi connectivity index (χ1v) is 9.98. The SMILES string of the molecule is CN(CC1(O)CCN(Cc2ccccc2)C1)c1nc(-c2ccccc2)ns1. The molecule has 1 unspecified atom stereocenters. The second-order valence-electron chi connectivity index (χ2n) is 7.29. The van der Waals surface area contributed by atoms with E-state index in [4.69, 9.17) is 0 Å². The average Bonchev–Trinajstić information content (AvgIpc) is 3.31. The lowest BCUT2D eigenvalue weighted by Crippen LogP contribution is -2.43. The van der Waals surface area contributed by atoms with E-state index in [0.29, 0.717) is 13.1 Å². The number of likely N-dealkylation sites (N-methyl/N-ethyl adjacent to an activating group) is 1. The molecule has 1 atom stereocenters. The summed E-state index contributed by atoms with van der Waals surface area (Å²) in [6.45, 7) is 3.02. The molecular formula is C21H24N4OS. The molecule has 0 aliphatic carbocycles. The van der Waals surface area contributed by atoms with Gasteiger partial charge in [-0.3, -0.25) is 4.90 Å². The minimum absolute atomic E-state index is 0.557. The minimum Gasteiger partial charge on any atom is -0.387 e. The zero-order valence-electron chi connectivity index (χ0n) is 15.5. The predicted molar refractivity (Wildman–Crippen MR) is 110 cm³/mol. The molecule has 1 aliphatic heterocycles. The first kappa shape index (κ1) is 18.1. The number of hydrogen-bond donors (Lipinski definition) is 1. The van der Waals surface area contributed by atoms with Gasteiger partial charge < -0.3 is 10.0 Å². The van der Waals surface area contributed by atoms with E-state index in [-0.39, 0.29) is 0 Å². The van der Waals surface area contributed by atoms with Crippen LogP contribution in [-0.4, -0.2) is 51.6 Å². The Balaban J connectivity index is 1.38. The fraction of sp³-hybridized carbons (Fsp3) is 0.333. The highest BCUT2D eigenvalue weighted by Crippen LogP contribution is 2.28. The van der Waals surface area contributed by atoms with Crippen molar-refractivity contribution in [3.8, 4) is 11.4 Å². The number of rotatable bonds is 6. The van der Waals surface area contributed by atoms with Crippen LogP contribution < -0.4 is 4.90 Å². The lowest BCUT2D eigenvalue weighted by Gasteiger charge is -2.28. The van der Waals surface area contributed by atoms with Crippen molar-refractivity contribution in [3.63, 3.8) is 0 Å². The van der Waals surface area contributed by atoms with Gasteiger partial charge in [0.25, 0.3) is 0 Å². The van der Waals surface area contributed by atoms with E-state index in [2.05, 4.69) is 38.5 Å². The molecule has 0 spiro atoms. The van der Waals surface area contributed by atoms with Crippen LogP contribution >= 0.6 is 11.5 Å². The molecule has 0 amide bonds. The van der Waals surface area contributed by atoms with Gasteiger partial charge in [-0.15, -0.1) is 0 Å². The van der Waals surface area contributed by atoms with Crippen LogP contribution in [0.25, 0.3) is 11.4 Å². The van der Waals surface area contributed by atoms with E-state index < -0.39 is 5.60 Å². The zero-order chi connectivity index (χ0) is 18.7. The molecule has 1 fully saturated rings. The number of benzene rings is 2. The molecule has 0 bridgehead atoms. The van der Waals surface area contributed by atoms with E-state index in [1.807, 2.05) is 48.3 Å². The molecule has 4 rings (SSSR count). The summed E-state index contributed by atoms with van der Waals surface area (Å²) in [4.78, 5) is 8.99. The number of aliphatic hydroxyl groups is 1. The number of anilines is 1. The van der Waals surface area contributed by atoms with Crippen LogP contribution in [0.5, 0.6) is 0 Å². The van der Waals surface area contributed by atoms with Crippen LogP contribution in [0, 0.1) is 0 Å². The molecule has 2 aromatic carbocycles. The molecule has 140 valence electrons. The van der Waals surface area contributed by atoms with Crippen LogP contribution in [0.15, 0.2) is 60.7 Å². The summed E-state index contributed by atoms with van der Waals surface area (Å²) >= 11 is 1.38. The molecule has 27 heavy (non-hydrogen) atoms. The van der Waals surface area contributed by atoms with Crippen molar-refractivity contribution in [2.75, 3.05) is 31.6 Å². The van der Waals surface area contributed by atoms with Crippen LogP contribution in [0.3, 0.4) is 0 Å². The van der Waals surface area contributed by atoms with Crippen molar-refractivity contribution in [1.82, 2.24) is 14.3 Å². The van der Waals surface area contributed by atoms with Crippen LogP contribution in [0.1, 0.15) is 12.0 Å². The second kappa shape index (κ2) is 7.76. The van der Waals surface area contributed by atoms with Gasteiger partial charge in [0.2, 0.25) is 5.13 Å². The van der Waals surface area contributed by atoms with Gasteiger partial charge in [-0.1, -0.05) is 60.7 Å². The molecule has 0 radical (unpaired) electrons. The number of aromatic nitrogens is 2. The maximum Gasteiger partial charge on any atom is 0.205 e. The molecular weight excluding hydrogens is 356 g/mol. The Hall–Kier alpha value is -2.28. The van der Waals surface area contributed by atoms with Gasteiger partial charge in [-0.25, -0.2) is 0 Å².